The van der Waals surface area contributed by atoms with Gasteiger partial charge in [-0.15, -0.1) is 0 Å². The van der Waals surface area contributed by atoms with Crippen LogP contribution in [0.2, 0.25) is 0 Å². The van der Waals surface area contributed by atoms with Crippen molar-refractivity contribution in [3.63, 3.8) is 0 Å². The van der Waals surface area contributed by atoms with Crippen molar-refractivity contribution in [2.75, 3.05) is 5.75 Å². The molecule has 1 rings (SSSR count). The topological polar surface area (TPSA) is 55.1 Å². The highest BCUT2D eigenvalue weighted by Crippen LogP contribution is 2.22. The van der Waals surface area contributed by atoms with Crippen LogP contribution in [-0.4, -0.2) is 26.4 Å². The first-order chi connectivity index (χ1) is 7.04. The van der Waals surface area contributed by atoms with Crippen molar-refractivity contribution in [3.8, 4) is 0 Å². The van der Waals surface area contributed by atoms with E-state index < -0.39 is 5.97 Å². The molecule has 1 unspecified atom stereocenters. The molecule has 0 bridgehead atoms. The Morgan fingerprint density at radius 1 is 1.73 bits per heavy atom. The fraction of sp³-hybridized carbons (Fsp3) is 0.600. The van der Waals surface area contributed by atoms with Crippen molar-refractivity contribution >= 4 is 17.7 Å². The number of carboxylic acid groups (broad SMARTS) is 1. The summed E-state index contributed by atoms with van der Waals surface area (Å²) >= 11 is 1.27. The third kappa shape index (κ3) is 3.27. The molecular formula is C10H16N2O2S. The third-order valence-corrected chi connectivity index (χ3v) is 3.16. The van der Waals surface area contributed by atoms with E-state index in [2.05, 4.69) is 18.8 Å². The van der Waals surface area contributed by atoms with Gasteiger partial charge in [-0.05, 0) is 20.3 Å². The Labute approximate surface area is 93.7 Å². The number of imidazole rings is 1. The van der Waals surface area contributed by atoms with Crippen molar-refractivity contribution in [2.45, 2.75) is 38.4 Å². The number of aromatic nitrogens is 2. The Hall–Kier alpha value is -0.970. The Morgan fingerprint density at radius 3 is 2.93 bits per heavy atom. The molecule has 5 heteroatoms. The first kappa shape index (κ1) is 12.1. The molecule has 0 saturated carbocycles. The lowest BCUT2D eigenvalue weighted by atomic mass is 10.3. The molecule has 0 aliphatic carbocycles. The molecule has 1 atom stereocenters. The van der Waals surface area contributed by atoms with Crippen molar-refractivity contribution < 1.29 is 9.90 Å². The summed E-state index contributed by atoms with van der Waals surface area (Å²) in [5.41, 5.74) is 0.934. The van der Waals surface area contributed by atoms with Crippen molar-refractivity contribution in [2.24, 2.45) is 0 Å². The van der Waals surface area contributed by atoms with Crippen molar-refractivity contribution in [1.29, 1.82) is 0 Å². The van der Waals surface area contributed by atoms with Gasteiger partial charge in [0.25, 0.3) is 0 Å². The molecule has 15 heavy (non-hydrogen) atoms. The number of carbonyl (C=O) groups is 1. The first-order valence-electron chi connectivity index (χ1n) is 4.94. The second-order valence-corrected chi connectivity index (χ2v) is 4.45. The van der Waals surface area contributed by atoms with Crippen LogP contribution in [0.25, 0.3) is 0 Å². The van der Waals surface area contributed by atoms with Gasteiger partial charge in [0, 0.05) is 12.2 Å². The van der Waals surface area contributed by atoms with Gasteiger partial charge in [-0.25, -0.2) is 4.98 Å². The minimum Gasteiger partial charge on any atom is -0.481 e. The maximum absolute atomic E-state index is 10.5. The van der Waals surface area contributed by atoms with Gasteiger partial charge in [0.1, 0.15) is 0 Å². The molecule has 0 radical (unpaired) electrons. The number of nitrogens with zero attached hydrogens (tertiary/aromatic N) is 2. The summed E-state index contributed by atoms with van der Waals surface area (Å²) in [7, 11) is 0. The van der Waals surface area contributed by atoms with Gasteiger partial charge in [-0.1, -0.05) is 18.7 Å². The van der Waals surface area contributed by atoms with Gasteiger partial charge >= 0.3 is 5.97 Å². The summed E-state index contributed by atoms with van der Waals surface area (Å²) in [4.78, 5) is 14.8. The lowest BCUT2D eigenvalue weighted by Gasteiger charge is -2.12. The second kappa shape index (κ2) is 5.21. The van der Waals surface area contributed by atoms with Crippen molar-refractivity contribution in [1.82, 2.24) is 9.55 Å². The lowest BCUT2D eigenvalue weighted by Crippen LogP contribution is -2.06. The molecule has 4 nitrogen and oxygen atoms in total. The van der Waals surface area contributed by atoms with Gasteiger partial charge < -0.3 is 9.67 Å². The largest absolute Gasteiger partial charge is 0.481 e. The Morgan fingerprint density at radius 2 is 2.40 bits per heavy atom. The standard InChI is InChI=1S/C10H16N2O2S/c1-4-8(3)12-5-7(2)11-10(12)15-6-9(13)14/h5,8H,4,6H2,1-3H3,(H,13,14). The summed E-state index contributed by atoms with van der Waals surface area (Å²) in [6.45, 7) is 6.13. The molecule has 0 aliphatic rings. The molecule has 1 aromatic heterocycles. The first-order valence-corrected chi connectivity index (χ1v) is 5.93. The van der Waals surface area contributed by atoms with E-state index in [0.717, 1.165) is 17.3 Å². The van der Waals surface area contributed by atoms with Gasteiger partial charge in [0.2, 0.25) is 0 Å². The van der Waals surface area contributed by atoms with Gasteiger partial charge in [0.15, 0.2) is 5.16 Å². The summed E-state index contributed by atoms with van der Waals surface area (Å²) in [6, 6.07) is 0.363. The van der Waals surface area contributed by atoms with Gasteiger partial charge in [-0.3, -0.25) is 4.79 Å². The third-order valence-electron chi connectivity index (χ3n) is 2.21. The molecule has 1 aromatic rings. The molecule has 0 aliphatic heterocycles. The molecule has 0 fully saturated rings. The normalized spacial score (nSPS) is 12.7. The molecule has 0 amide bonds. The molecule has 0 aromatic carbocycles. The second-order valence-electron chi connectivity index (χ2n) is 3.51. The highest BCUT2D eigenvalue weighted by Gasteiger charge is 2.12. The number of rotatable bonds is 5. The number of aliphatic carboxylic acids is 1. The quantitative estimate of drug-likeness (QED) is 0.786. The zero-order valence-corrected chi connectivity index (χ0v) is 10.0. The highest BCUT2D eigenvalue weighted by atomic mass is 32.2. The summed E-state index contributed by atoms with van der Waals surface area (Å²) in [5.74, 6) is -0.747. The SMILES string of the molecule is CCC(C)n1cc(C)nc1SCC(=O)O. The molecular weight excluding hydrogens is 212 g/mol. The Balaban J connectivity index is 2.81. The van der Waals surface area contributed by atoms with Gasteiger partial charge in [-0.2, -0.15) is 0 Å². The zero-order chi connectivity index (χ0) is 11.4. The number of hydrogen-bond donors (Lipinski definition) is 1. The van der Waals surface area contributed by atoms with Crippen LogP contribution in [-0.2, 0) is 4.79 Å². The van der Waals surface area contributed by atoms with E-state index >= 15 is 0 Å². The van der Waals surface area contributed by atoms with E-state index in [1.807, 2.05) is 17.7 Å². The van der Waals surface area contributed by atoms with Crippen LogP contribution in [0.5, 0.6) is 0 Å². The summed E-state index contributed by atoms with van der Waals surface area (Å²) < 4.78 is 2.04. The zero-order valence-electron chi connectivity index (χ0n) is 9.23. The maximum atomic E-state index is 10.5. The lowest BCUT2D eigenvalue weighted by molar-refractivity contribution is -0.133. The van der Waals surface area contributed by atoms with Crippen LogP contribution in [0.15, 0.2) is 11.4 Å². The smallest absolute Gasteiger partial charge is 0.313 e. The Bertz CT molecular complexity index is 349. The van der Waals surface area contributed by atoms with E-state index in [9.17, 15) is 4.79 Å². The van der Waals surface area contributed by atoms with Crippen LogP contribution in [0, 0.1) is 6.92 Å². The van der Waals surface area contributed by atoms with E-state index in [1.165, 1.54) is 11.8 Å². The van der Waals surface area contributed by atoms with Gasteiger partial charge in [0.05, 0.1) is 11.4 Å². The van der Waals surface area contributed by atoms with E-state index in [0.29, 0.717) is 6.04 Å². The minimum atomic E-state index is -0.809. The Kier molecular flexibility index (Phi) is 4.20. The fourth-order valence-corrected chi connectivity index (χ4v) is 2.08. The van der Waals surface area contributed by atoms with Crippen LogP contribution in [0.3, 0.4) is 0 Å². The monoisotopic (exact) mass is 228 g/mol. The number of carboxylic acids is 1. The van der Waals surface area contributed by atoms with E-state index in [4.69, 9.17) is 5.11 Å². The van der Waals surface area contributed by atoms with Crippen LogP contribution >= 0.6 is 11.8 Å². The number of hydrogen-bond acceptors (Lipinski definition) is 3. The van der Waals surface area contributed by atoms with Crippen LogP contribution in [0.4, 0.5) is 0 Å². The molecule has 0 spiro atoms. The average Bonchev–Trinajstić information content (AvgIpc) is 2.55. The van der Waals surface area contributed by atoms with Crippen LogP contribution in [0.1, 0.15) is 32.0 Å². The number of aryl methyl sites for hydroxylation is 1. The molecule has 1 heterocycles. The fourth-order valence-electron chi connectivity index (χ4n) is 1.24. The minimum absolute atomic E-state index is 0.0624. The molecule has 1 N–H and O–H groups in total. The summed E-state index contributed by atoms with van der Waals surface area (Å²) in [6.07, 6.45) is 2.98. The van der Waals surface area contributed by atoms with E-state index in [1.54, 1.807) is 0 Å². The maximum Gasteiger partial charge on any atom is 0.313 e. The molecule has 0 saturated heterocycles. The summed E-state index contributed by atoms with van der Waals surface area (Å²) in [5, 5.41) is 9.41. The predicted molar refractivity (Wildman–Crippen MR) is 60.3 cm³/mol. The highest BCUT2D eigenvalue weighted by molar-refractivity contribution is 7.99. The molecule has 84 valence electrons. The van der Waals surface area contributed by atoms with Crippen LogP contribution < -0.4 is 0 Å². The van der Waals surface area contributed by atoms with E-state index in [-0.39, 0.29) is 5.75 Å². The van der Waals surface area contributed by atoms with Crippen molar-refractivity contribution in [3.05, 3.63) is 11.9 Å². The number of thioether (sulfide) groups is 1. The average molecular weight is 228 g/mol. The predicted octanol–water partition coefficient (Wildman–Crippen LogP) is 2.34.